The Hall–Kier alpha value is -2.22. The summed E-state index contributed by atoms with van der Waals surface area (Å²) in [6.07, 6.45) is 3.26. The second kappa shape index (κ2) is 3.89. The summed E-state index contributed by atoms with van der Waals surface area (Å²) in [5, 5.41) is 1.34. The van der Waals surface area contributed by atoms with Crippen molar-refractivity contribution in [3.63, 3.8) is 0 Å². The smallest absolute Gasteiger partial charge is 0.0601 e. The number of aromatic nitrogens is 1. The van der Waals surface area contributed by atoms with Gasteiger partial charge in [-0.1, -0.05) is 36.4 Å². The van der Waals surface area contributed by atoms with Crippen LogP contribution in [0.3, 0.4) is 0 Å². The molecule has 2 heterocycles. The van der Waals surface area contributed by atoms with Crippen LogP contribution in [0, 0.1) is 0 Å². The van der Waals surface area contributed by atoms with Crippen molar-refractivity contribution in [2.24, 2.45) is 0 Å². The Morgan fingerprint density at radius 3 is 2.74 bits per heavy atom. The molecule has 0 unspecified atom stereocenters. The Morgan fingerprint density at radius 1 is 1.05 bits per heavy atom. The zero-order valence-corrected chi connectivity index (χ0v) is 10.9. The molecule has 0 saturated carbocycles. The Morgan fingerprint density at radius 2 is 1.84 bits per heavy atom. The van der Waals surface area contributed by atoms with Gasteiger partial charge in [-0.15, -0.1) is 0 Å². The first kappa shape index (κ1) is 10.7. The van der Waals surface area contributed by atoms with Gasteiger partial charge >= 0.3 is 0 Å². The molecular formula is C17H16N2. The highest BCUT2D eigenvalue weighted by Gasteiger charge is 2.28. The SMILES string of the molecule is CN1c2ccccc2C[C@@H]1c1c[nH]c2ccccc12. The maximum atomic E-state index is 3.39. The van der Waals surface area contributed by atoms with Gasteiger partial charge in [0, 0.05) is 35.4 Å². The molecule has 4 rings (SSSR count). The second-order valence-corrected chi connectivity index (χ2v) is 5.25. The minimum absolute atomic E-state index is 0.438. The molecule has 1 aliphatic heterocycles. The summed E-state index contributed by atoms with van der Waals surface area (Å²) in [5.74, 6) is 0. The average Bonchev–Trinajstić information content (AvgIpc) is 3.01. The van der Waals surface area contributed by atoms with Gasteiger partial charge in [0.05, 0.1) is 6.04 Å². The van der Waals surface area contributed by atoms with E-state index in [1.807, 2.05) is 0 Å². The minimum Gasteiger partial charge on any atom is -0.367 e. The average molecular weight is 248 g/mol. The Bertz CT molecular complexity index is 742. The molecule has 0 saturated heterocycles. The molecule has 94 valence electrons. The van der Waals surface area contributed by atoms with Crippen LogP contribution >= 0.6 is 0 Å². The predicted octanol–water partition coefficient (Wildman–Crippen LogP) is 3.90. The molecule has 2 aromatic carbocycles. The van der Waals surface area contributed by atoms with E-state index < -0.39 is 0 Å². The lowest BCUT2D eigenvalue weighted by molar-refractivity contribution is 0.722. The van der Waals surface area contributed by atoms with Gasteiger partial charge in [0.25, 0.3) is 0 Å². The molecule has 0 bridgehead atoms. The number of H-pyrrole nitrogens is 1. The van der Waals surface area contributed by atoms with Crippen molar-refractivity contribution in [3.8, 4) is 0 Å². The van der Waals surface area contributed by atoms with Gasteiger partial charge in [0.1, 0.15) is 0 Å². The van der Waals surface area contributed by atoms with Gasteiger partial charge in [-0.3, -0.25) is 0 Å². The molecule has 2 heteroatoms. The summed E-state index contributed by atoms with van der Waals surface area (Å²) in [4.78, 5) is 5.78. The van der Waals surface area contributed by atoms with Gasteiger partial charge in [0.15, 0.2) is 0 Å². The summed E-state index contributed by atoms with van der Waals surface area (Å²) < 4.78 is 0. The monoisotopic (exact) mass is 248 g/mol. The van der Waals surface area contributed by atoms with Crippen LogP contribution in [0.2, 0.25) is 0 Å². The number of benzene rings is 2. The molecule has 1 aliphatic rings. The molecule has 0 aliphatic carbocycles. The summed E-state index contributed by atoms with van der Waals surface area (Å²) in [5.41, 5.74) is 5.43. The van der Waals surface area contributed by atoms with Crippen molar-refractivity contribution in [1.82, 2.24) is 4.98 Å². The zero-order chi connectivity index (χ0) is 12.8. The number of rotatable bonds is 1. The Labute approximate surface area is 112 Å². The number of likely N-dealkylation sites (N-methyl/N-ethyl adjacent to an activating group) is 1. The normalized spacial score (nSPS) is 17.9. The first-order valence-corrected chi connectivity index (χ1v) is 6.71. The summed E-state index contributed by atoms with van der Waals surface area (Å²) in [6.45, 7) is 0. The largest absolute Gasteiger partial charge is 0.367 e. The number of hydrogen-bond acceptors (Lipinski definition) is 1. The first-order valence-electron chi connectivity index (χ1n) is 6.71. The summed E-state index contributed by atoms with van der Waals surface area (Å²) in [6, 6.07) is 17.7. The van der Waals surface area contributed by atoms with Crippen LogP contribution in [0.1, 0.15) is 17.2 Å². The molecule has 1 aromatic heterocycles. The highest BCUT2D eigenvalue weighted by atomic mass is 15.2. The maximum Gasteiger partial charge on any atom is 0.0601 e. The highest BCUT2D eigenvalue weighted by molar-refractivity contribution is 5.84. The fourth-order valence-corrected chi connectivity index (χ4v) is 3.23. The van der Waals surface area contributed by atoms with Gasteiger partial charge in [-0.05, 0) is 24.1 Å². The lowest BCUT2D eigenvalue weighted by Crippen LogP contribution is -2.19. The van der Waals surface area contributed by atoms with Crippen molar-refractivity contribution in [1.29, 1.82) is 0 Å². The third-order valence-corrected chi connectivity index (χ3v) is 4.23. The summed E-state index contributed by atoms with van der Waals surface area (Å²) in [7, 11) is 2.19. The Balaban J connectivity index is 1.83. The Kier molecular flexibility index (Phi) is 2.18. The molecule has 0 radical (unpaired) electrons. The molecule has 0 fully saturated rings. The molecule has 2 nitrogen and oxygen atoms in total. The van der Waals surface area contributed by atoms with Gasteiger partial charge in [-0.2, -0.15) is 0 Å². The van der Waals surface area contributed by atoms with Crippen LogP contribution in [0.4, 0.5) is 5.69 Å². The van der Waals surface area contributed by atoms with Crippen LogP contribution in [0.15, 0.2) is 54.7 Å². The zero-order valence-electron chi connectivity index (χ0n) is 10.9. The first-order chi connectivity index (χ1) is 9.34. The van der Waals surface area contributed by atoms with E-state index in [-0.39, 0.29) is 0 Å². The number of fused-ring (bicyclic) bond motifs is 2. The maximum absolute atomic E-state index is 3.39. The van der Waals surface area contributed by atoms with Crippen LogP contribution in [-0.2, 0) is 6.42 Å². The predicted molar refractivity (Wildman–Crippen MR) is 79.6 cm³/mol. The standard InChI is InChI=1S/C17H16N2/c1-19-16-9-5-2-6-12(16)10-17(19)14-11-18-15-8-4-3-7-13(14)15/h2-9,11,17-18H,10H2,1H3/t17-/m1/s1. The van der Waals surface area contributed by atoms with E-state index in [0.717, 1.165) is 6.42 Å². The van der Waals surface area contributed by atoms with Crippen LogP contribution < -0.4 is 4.90 Å². The molecule has 1 N–H and O–H groups in total. The summed E-state index contributed by atoms with van der Waals surface area (Å²) >= 11 is 0. The third-order valence-electron chi connectivity index (χ3n) is 4.23. The van der Waals surface area contributed by atoms with E-state index in [2.05, 4.69) is 71.7 Å². The van der Waals surface area contributed by atoms with E-state index in [1.165, 1.54) is 27.7 Å². The van der Waals surface area contributed by atoms with Crippen LogP contribution in [-0.4, -0.2) is 12.0 Å². The lowest BCUT2D eigenvalue weighted by Gasteiger charge is -2.22. The van der Waals surface area contributed by atoms with Gasteiger partial charge in [-0.25, -0.2) is 0 Å². The second-order valence-electron chi connectivity index (χ2n) is 5.25. The lowest BCUT2D eigenvalue weighted by atomic mass is 10.0. The molecule has 0 spiro atoms. The molecule has 3 aromatic rings. The van der Waals surface area contributed by atoms with E-state index in [1.54, 1.807) is 0 Å². The van der Waals surface area contributed by atoms with Crippen LogP contribution in [0.5, 0.6) is 0 Å². The topological polar surface area (TPSA) is 19.0 Å². The number of para-hydroxylation sites is 2. The van der Waals surface area contributed by atoms with Crippen LogP contribution in [0.25, 0.3) is 10.9 Å². The third kappa shape index (κ3) is 1.49. The van der Waals surface area contributed by atoms with Crippen molar-refractivity contribution in [2.75, 3.05) is 11.9 Å². The van der Waals surface area contributed by atoms with Crippen molar-refractivity contribution in [3.05, 3.63) is 65.9 Å². The number of anilines is 1. The van der Waals surface area contributed by atoms with Gasteiger partial charge in [0.2, 0.25) is 0 Å². The molecule has 19 heavy (non-hydrogen) atoms. The molecule has 1 atom stereocenters. The number of nitrogens with zero attached hydrogens (tertiary/aromatic N) is 1. The fourth-order valence-electron chi connectivity index (χ4n) is 3.23. The molecular weight excluding hydrogens is 232 g/mol. The number of nitrogens with one attached hydrogen (secondary N) is 1. The van der Waals surface area contributed by atoms with Gasteiger partial charge < -0.3 is 9.88 Å². The van der Waals surface area contributed by atoms with Crippen molar-refractivity contribution < 1.29 is 0 Å². The van der Waals surface area contributed by atoms with E-state index >= 15 is 0 Å². The van der Waals surface area contributed by atoms with Crippen molar-refractivity contribution >= 4 is 16.6 Å². The van der Waals surface area contributed by atoms with E-state index in [4.69, 9.17) is 0 Å². The minimum atomic E-state index is 0.438. The number of aromatic amines is 1. The van der Waals surface area contributed by atoms with E-state index in [9.17, 15) is 0 Å². The number of hydrogen-bond donors (Lipinski definition) is 1. The highest BCUT2D eigenvalue weighted by Crippen LogP contribution is 2.40. The van der Waals surface area contributed by atoms with Crippen molar-refractivity contribution in [2.45, 2.75) is 12.5 Å². The quantitative estimate of drug-likeness (QED) is 0.692. The van der Waals surface area contributed by atoms with E-state index in [0.29, 0.717) is 6.04 Å². The fraction of sp³-hybridized carbons (Fsp3) is 0.176. The molecule has 0 amide bonds.